The summed E-state index contributed by atoms with van der Waals surface area (Å²) in [5, 5.41) is 6.46. The Kier molecular flexibility index (Phi) is 4.30. The van der Waals surface area contributed by atoms with E-state index in [-0.39, 0.29) is 5.91 Å². The average molecular weight is 300 g/mol. The molecule has 1 amide bonds. The quantitative estimate of drug-likeness (QED) is 0.699. The number of carbonyl (C=O) groups is 1. The Labute approximate surface area is 117 Å². The van der Waals surface area contributed by atoms with Gasteiger partial charge in [0.15, 0.2) is 0 Å². The third-order valence-electron chi connectivity index (χ3n) is 1.93. The Morgan fingerprint density at radius 2 is 2.06 bits per heavy atom. The Morgan fingerprint density at radius 1 is 1.33 bits per heavy atom. The number of aromatic nitrogens is 1. The van der Waals surface area contributed by atoms with E-state index < -0.39 is 0 Å². The SMILES string of the molecule is O=C(NN=Cc1cc(Cl)cc(Cl)c1)c1cscn1. The second kappa shape index (κ2) is 5.95. The van der Waals surface area contributed by atoms with E-state index in [9.17, 15) is 4.79 Å². The van der Waals surface area contributed by atoms with Crippen LogP contribution in [0.2, 0.25) is 10.0 Å². The van der Waals surface area contributed by atoms with Crippen molar-refractivity contribution in [3.8, 4) is 0 Å². The number of hydrazone groups is 1. The molecule has 0 aliphatic heterocycles. The lowest BCUT2D eigenvalue weighted by Gasteiger charge is -1.97. The Bertz CT molecular complexity index is 564. The number of thiazole rings is 1. The molecule has 2 rings (SSSR count). The van der Waals surface area contributed by atoms with E-state index in [1.165, 1.54) is 17.6 Å². The first-order chi connectivity index (χ1) is 8.65. The fourth-order valence-corrected chi connectivity index (χ4v) is 2.27. The molecule has 0 aliphatic rings. The maximum atomic E-state index is 11.5. The summed E-state index contributed by atoms with van der Waals surface area (Å²) in [4.78, 5) is 15.4. The van der Waals surface area contributed by atoms with Gasteiger partial charge < -0.3 is 0 Å². The topological polar surface area (TPSA) is 54.4 Å². The molecule has 7 heteroatoms. The summed E-state index contributed by atoms with van der Waals surface area (Å²) in [6.07, 6.45) is 1.46. The summed E-state index contributed by atoms with van der Waals surface area (Å²) in [6.45, 7) is 0. The molecule has 0 radical (unpaired) electrons. The number of nitrogens with one attached hydrogen (secondary N) is 1. The van der Waals surface area contributed by atoms with Gasteiger partial charge >= 0.3 is 0 Å². The van der Waals surface area contributed by atoms with Crippen molar-refractivity contribution in [2.24, 2.45) is 5.10 Å². The van der Waals surface area contributed by atoms with Gasteiger partial charge in [0.1, 0.15) is 5.69 Å². The van der Waals surface area contributed by atoms with Gasteiger partial charge in [-0.25, -0.2) is 10.4 Å². The molecule has 2 aromatic rings. The van der Waals surface area contributed by atoms with Crippen molar-refractivity contribution in [3.63, 3.8) is 0 Å². The molecule has 0 spiro atoms. The second-order valence-corrected chi connectivity index (χ2v) is 4.87. The summed E-state index contributed by atoms with van der Waals surface area (Å²) < 4.78 is 0. The van der Waals surface area contributed by atoms with E-state index >= 15 is 0 Å². The van der Waals surface area contributed by atoms with Crippen LogP contribution in [0.3, 0.4) is 0 Å². The van der Waals surface area contributed by atoms with E-state index in [0.717, 1.165) is 0 Å². The zero-order valence-electron chi connectivity index (χ0n) is 8.93. The number of rotatable bonds is 3. The van der Waals surface area contributed by atoms with Crippen molar-refractivity contribution in [1.29, 1.82) is 0 Å². The van der Waals surface area contributed by atoms with Gasteiger partial charge in [-0.15, -0.1) is 11.3 Å². The van der Waals surface area contributed by atoms with Gasteiger partial charge in [-0.2, -0.15) is 5.10 Å². The maximum Gasteiger partial charge on any atom is 0.290 e. The lowest BCUT2D eigenvalue weighted by Crippen LogP contribution is -2.17. The zero-order chi connectivity index (χ0) is 13.0. The molecule has 1 N–H and O–H groups in total. The van der Waals surface area contributed by atoms with Crippen LogP contribution in [0.25, 0.3) is 0 Å². The molecule has 1 heterocycles. The predicted octanol–water partition coefficient (Wildman–Crippen LogP) is 3.21. The fraction of sp³-hybridized carbons (Fsp3) is 0. The average Bonchev–Trinajstić information content (AvgIpc) is 2.80. The molecule has 0 saturated heterocycles. The molecule has 0 saturated carbocycles. The lowest BCUT2D eigenvalue weighted by atomic mass is 10.2. The van der Waals surface area contributed by atoms with Crippen LogP contribution >= 0.6 is 34.5 Å². The summed E-state index contributed by atoms with van der Waals surface area (Å²) in [5.41, 5.74) is 4.97. The van der Waals surface area contributed by atoms with Gasteiger partial charge in [-0.1, -0.05) is 23.2 Å². The first kappa shape index (κ1) is 13.0. The van der Waals surface area contributed by atoms with E-state index in [2.05, 4.69) is 15.5 Å². The van der Waals surface area contributed by atoms with Crippen LogP contribution < -0.4 is 5.43 Å². The highest BCUT2D eigenvalue weighted by Crippen LogP contribution is 2.17. The predicted molar refractivity (Wildman–Crippen MR) is 73.6 cm³/mol. The van der Waals surface area contributed by atoms with Crippen LogP contribution in [-0.4, -0.2) is 17.1 Å². The van der Waals surface area contributed by atoms with Crippen LogP contribution in [-0.2, 0) is 0 Å². The van der Waals surface area contributed by atoms with Crippen molar-refractivity contribution in [1.82, 2.24) is 10.4 Å². The minimum Gasteiger partial charge on any atom is -0.266 e. The van der Waals surface area contributed by atoms with Gasteiger partial charge in [0.25, 0.3) is 5.91 Å². The zero-order valence-corrected chi connectivity index (χ0v) is 11.3. The monoisotopic (exact) mass is 299 g/mol. The lowest BCUT2D eigenvalue weighted by molar-refractivity contribution is 0.0951. The number of amides is 1. The van der Waals surface area contributed by atoms with Crippen molar-refractivity contribution in [3.05, 3.63) is 50.4 Å². The molecule has 18 heavy (non-hydrogen) atoms. The van der Waals surface area contributed by atoms with E-state index in [1.807, 2.05) is 0 Å². The molecular formula is C11H7Cl2N3OS. The van der Waals surface area contributed by atoms with E-state index in [0.29, 0.717) is 21.3 Å². The largest absolute Gasteiger partial charge is 0.290 e. The second-order valence-electron chi connectivity index (χ2n) is 3.28. The molecule has 0 bridgehead atoms. The van der Waals surface area contributed by atoms with Crippen molar-refractivity contribution >= 4 is 46.7 Å². The fourth-order valence-electron chi connectivity index (χ4n) is 1.20. The number of nitrogens with zero attached hydrogens (tertiary/aromatic N) is 2. The minimum absolute atomic E-state index is 0.335. The molecule has 0 unspecified atom stereocenters. The third-order valence-corrected chi connectivity index (χ3v) is 2.95. The first-order valence-corrected chi connectivity index (χ1v) is 6.53. The molecule has 1 aromatic heterocycles. The normalized spacial score (nSPS) is 10.8. The highest BCUT2D eigenvalue weighted by molar-refractivity contribution is 7.07. The first-order valence-electron chi connectivity index (χ1n) is 4.83. The minimum atomic E-state index is -0.361. The van der Waals surface area contributed by atoms with Gasteiger partial charge in [-0.05, 0) is 23.8 Å². The van der Waals surface area contributed by atoms with Crippen LogP contribution in [0.5, 0.6) is 0 Å². The van der Waals surface area contributed by atoms with E-state index in [1.54, 1.807) is 29.1 Å². The summed E-state index contributed by atoms with van der Waals surface area (Å²) in [5.74, 6) is -0.361. The molecular weight excluding hydrogens is 293 g/mol. The number of hydrogen-bond acceptors (Lipinski definition) is 4. The van der Waals surface area contributed by atoms with Gasteiger partial charge in [0, 0.05) is 15.4 Å². The number of halogens is 2. The van der Waals surface area contributed by atoms with Gasteiger partial charge in [0.2, 0.25) is 0 Å². The standard InChI is InChI=1S/C11H7Cl2N3OS/c12-8-1-7(2-9(13)3-8)4-15-16-11(17)10-5-18-6-14-10/h1-6H,(H,16,17). The van der Waals surface area contributed by atoms with Crippen molar-refractivity contribution < 1.29 is 4.79 Å². The molecule has 0 atom stereocenters. The Hall–Kier alpha value is -1.43. The molecule has 92 valence electrons. The highest BCUT2D eigenvalue weighted by Gasteiger charge is 2.05. The highest BCUT2D eigenvalue weighted by atomic mass is 35.5. The van der Waals surface area contributed by atoms with Gasteiger partial charge in [-0.3, -0.25) is 4.79 Å². The molecule has 4 nitrogen and oxygen atoms in total. The smallest absolute Gasteiger partial charge is 0.266 e. The Morgan fingerprint density at radius 3 is 2.67 bits per heavy atom. The number of benzene rings is 1. The van der Waals surface area contributed by atoms with Crippen LogP contribution in [0.4, 0.5) is 0 Å². The maximum absolute atomic E-state index is 11.5. The van der Waals surface area contributed by atoms with Crippen molar-refractivity contribution in [2.45, 2.75) is 0 Å². The third kappa shape index (κ3) is 3.53. The molecule has 0 fully saturated rings. The van der Waals surface area contributed by atoms with E-state index in [4.69, 9.17) is 23.2 Å². The van der Waals surface area contributed by atoms with Crippen LogP contribution in [0.15, 0.2) is 34.2 Å². The van der Waals surface area contributed by atoms with Crippen LogP contribution in [0.1, 0.15) is 16.1 Å². The molecule has 0 aliphatic carbocycles. The molecule has 1 aromatic carbocycles. The number of carbonyl (C=O) groups excluding carboxylic acids is 1. The summed E-state index contributed by atoms with van der Waals surface area (Å²) in [6, 6.07) is 4.99. The van der Waals surface area contributed by atoms with Crippen molar-refractivity contribution in [2.75, 3.05) is 0 Å². The Balaban J connectivity index is 2.01. The summed E-state index contributed by atoms with van der Waals surface area (Å²) in [7, 11) is 0. The van der Waals surface area contributed by atoms with Crippen LogP contribution in [0, 0.1) is 0 Å². The number of hydrogen-bond donors (Lipinski definition) is 1. The summed E-state index contributed by atoms with van der Waals surface area (Å²) >= 11 is 13.0. The van der Waals surface area contributed by atoms with Gasteiger partial charge in [0.05, 0.1) is 11.7 Å².